The summed E-state index contributed by atoms with van der Waals surface area (Å²) in [5.41, 5.74) is 0.975. The predicted octanol–water partition coefficient (Wildman–Crippen LogP) is 4.01. The Bertz CT molecular complexity index is 719. The van der Waals surface area contributed by atoms with Crippen LogP contribution in [-0.4, -0.2) is 30.3 Å². The molecule has 0 aliphatic rings. The SMILES string of the molecule is COc1cc(Br)c(CCC(=O)Nc2nnc(C(C)C)s2)cc1OC. The number of hydrogen-bond acceptors (Lipinski definition) is 6. The number of aromatic nitrogens is 2. The summed E-state index contributed by atoms with van der Waals surface area (Å²) in [5.74, 6) is 1.49. The number of carbonyl (C=O) groups is 1. The molecule has 24 heavy (non-hydrogen) atoms. The van der Waals surface area contributed by atoms with E-state index in [0.717, 1.165) is 15.0 Å². The summed E-state index contributed by atoms with van der Waals surface area (Å²) in [6.45, 7) is 4.08. The Kier molecular flexibility index (Phi) is 6.56. The number of rotatable bonds is 7. The molecule has 2 rings (SSSR count). The monoisotopic (exact) mass is 413 g/mol. The molecule has 0 fully saturated rings. The molecule has 0 saturated carbocycles. The van der Waals surface area contributed by atoms with Gasteiger partial charge in [0, 0.05) is 16.8 Å². The van der Waals surface area contributed by atoms with Crippen LogP contribution in [0, 0.1) is 0 Å². The average Bonchev–Trinajstić information content (AvgIpc) is 3.02. The van der Waals surface area contributed by atoms with Crippen LogP contribution in [0.1, 0.15) is 36.8 Å². The van der Waals surface area contributed by atoms with E-state index in [0.29, 0.717) is 35.4 Å². The molecule has 1 N–H and O–H groups in total. The molecule has 6 nitrogen and oxygen atoms in total. The van der Waals surface area contributed by atoms with E-state index >= 15 is 0 Å². The molecule has 1 heterocycles. The van der Waals surface area contributed by atoms with Gasteiger partial charge in [0.2, 0.25) is 11.0 Å². The maximum atomic E-state index is 12.1. The van der Waals surface area contributed by atoms with Crippen LogP contribution in [0.15, 0.2) is 16.6 Å². The summed E-state index contributed by atoms with van der Waals surface area (Å²) in [5, 5.41) is 12.3. The second kappa shape index (κ2) is 8.43. The normalized spacial score (nSPS) is 10.8. The molecule has 0 aliphatic carbocycles. The molecule has 0 bridgehead atoms. The third-order valence-electron chi connectivity index (χ3n) is 3.35. The Morgan fingerprint density at radius 2 is 1.92 bits per heavy atom. The summed E-state index contributed by atoms with van der Waals surface area (Å²) in [4.78, 5) is 12.1. The minimum Gasteiger partial charge on any atom is -0.493 e. The molecular formula is C16H20BrN3O3S. The van der Waals surface area contributed by atoms with Crippen molar-refractivity contribution in [1.82, 2.24) is 10.2 Å². The Morgan fingerprint density at radius 1 is 1.25 bits per heavy atom. The largest absolute Gasteiger partial charge is 0.493 e. The maximum absolute atomic E-state index is 12.1. The molecule has 1 amide bonds. The highest BCUT2D eigenvalue weighted by atomic mass is 79.9. The van der Waals surface area contributed by atoms with Gasteiger partial charge in [-0.2, -0.15) is 0 Å². The first-order valence-electron chi connectivity index (χ1n) is 7.48. The van der Waals surface area contributed by atoms with Gasteiger partial charge in [-0.25, -0.2) is 0 Å². The van der Waals surface area contributed by atoms with Crippen LogP contribution in [0.2, 0.25) is 0 Å². The first kappa shape index (κ1) is 18.7. The fraction of sp³-hybridized carbons (Fsp3) is 0.438. The van der Waals surface area contributed by atoms with Crippen molar-refractivity contribution in [3.05, 3.63) is 27.2 Å². The number of carbonyl (C=O) groups excluding carboxylic acids is 1. The number of methoxy groups -OCH3 is 2. The fourth-order valence-corrected chi connectivity index (χ4v) is 3.32. The van der Waals surface area contributed by atoms with E-state index in [9.17, 15) is 4.79 Å². The van der Waals surface area contributed by atoms with Crippen LogP contribution in [0.25, 0.3) is 0 Å². The lowest BCUT2D eigenvalue weighted by molar-refractivity contribution is -0.116. The molecule has 2 aromatic rings. The lowest BCUT2D eigenvalue weighted by Gasteiger charge is -2.11. The van der Waals surface area contributed by atoms with Gasteiger partial charge in [-0.3, -0.25) is 4.79 Å². The lowest BCUT2D eigenvalue weighted by Crippen LogP contribution is -2.12. The van der Waals surface area contributed by atoms with Crippen LogP contribution < -0.4 is 14.8 Å². The average molecular weight is 414 g/mol. The Hall–Kier alpha value is -1.67. The zero-order chi connectivity index (χ0) is 17.7. The number of amides is 1. The van der Waals surface area contributed by atoms with E-state index in [1.54, 1.807) is 14.2 Å². The van der Waals surface area contributed by atoms with Crippen molar-refractivity contribution in [3.63, 3.8) is 0 Å². The number of halogens is 1. The van der Waals surface area contributed by atoms with Gasteiger partial charge in [-0.1, -0.05) is 41.1 Å². The summed E-state index contributed by atoms with van der Waals surface area (Å²) < 4.78 is 11.4. The lowest BCUT2D eigenvalue weighted by atomic mass is 10.1. The highest BCUT2D eigenvalue weighted by Gasteiger charge is 2.13. The van der Waals surface area contributed by atoms with Crippen LogP contribution in [0.5, 0.6) is 11.5 Å². The summed E-state index contributed by atoms with van der Waals surface area (Å²) in [7, 11) is 3.18. The van der Waals surface area contributed by atoms with Crippen LogP contribution in [-0.2, 0) is 11.2 Å². The van der Waals surface area contributed by atoms with E-state index < -0.39 is 0 Å². The molecule has 8 heteroatoms. The maximum Gasteiger partial charge on any atom is 0.226 e. The van der Waals surface area contributed by atoms with Crippen LogP contribution in [0.3, 0.4) is 0 Å². The highest BCUT2D eigenvalue weighted by Crippen LogP contribution is 2.33. The van der Waals surface area contributed by atoms with E-state index in [2.05, 4.69) is 31.4 Å². The number of hydrogen-bond donors (Lipinski definition) is 1. The van der Waals surface area contributed by atoms with Gasteiger partial charge in [0.15, 0.2) is 11.5 Å². The summed E-state index contributed by atoms with van der Waals surface area (Å²) in [6.07, 6.45) is 0.910. The number of ether oxygens (including phenoxy) is 2. The topological polar surface area (TPSA) is 73.3 Å². The van der Waals surface area contributed by atoms with Gasteiger partial charge in [0.25, 0.3) is 0 Å². The first-order valence-corrected chi connectivity index (χ1v) is 9.09. The van der Waals surface area contributed by atoms with Crippen molar-refractivity contribution in [3.8, 4) is 11.5 Å². The third kappa shape index (κ3) is 4.67. The zero-order valence-corrected chi connectivity index (χ0v) is 16.5. The Morgan fingerprint density at radius 3 is 2.50 bits per heavy atom. The quantitative estimate of drug-likeness (QED) is 0.741. The van der Waals surface area contributed by atoms with E-state index in [-0.39, 0.29) is 5.91 Å². The second-order valence-electron chi connectivity index (χ2n) is 5.45. The Balaban J connectivity index is 1.98. The molecule has 1 aromatic carbocycles. The molecule has 0 atom stereocenters. The van der Waals surface area contributed by atoms with Gasteiger partial charge in [0.05, 0.1) is 14.2 Å². The standard InChI is InChI=1S/C16H20BrN3O3S/c1-9(2)15-19-20-16(24-15)18-14(21)6-5-10-7-12(22-3)13(23-4)8-11(10)17/h7-9H,5-6H2,1-4H3,(H,18,20,21). The fourth-order valence-electron chi connectivity index (χ4n) is 2.04. The number of benzene rings is 1. The van der Waals surface area contributed by atoms with Crippen molar-refractivity contribution < 1.29 is 14.3 Å². The van der Waals surface area contributed by atoms with Gasteiger partial charge in [-0.15, -0.1) is 10.2 Å². The molecule has 130 valence electrons. The minimum atomic E-state index is -0.0943. The molecule has 0 aliphatic heterocycles. The molecule has 0 spiro atoms. The van der Waals surface area contributed by atoms with Crippen molar-refractivity contribution in [2.75, 3.05) is 19.5 Å². The van der Waals surface area contributed by atoms with Gasteiger partial charge < -0.3 is 14.8 Å². The minimum absolute atomic E-state index is 0.0943. The van der Waals surface area contributed by atoms with Crippen LogP contribution >= 0.6 is 27.3 Å². The highest BCUT2D eigenvalue weighted by molar-refractivity contribution is 9.10. The van der Waals surface area contributed by atoms with Gasteiger partial charge in [0.1, 0.15) is 5.01 Å². The summed E-state index contributed by atoms with van der Waals surface area (Å²) in [6, 6.07) is 3.71. The third-order valence-corrected chi connectivity index (χ3v) is 5.23. The van der Waals surface area contributed by atoms with E-state index in [1.807, 2.05) is 26.0 Å². The smallest absolute Gasteiger partial charge is 0.226 e. The number of anilines is 1. The number of nitrogens with zero attached hydrogens (tertiary/aromatic N) is 2. The number of aryl methyl sites for hydroxylation is 1. The predicted molar refractivity (Wildman–Crippen MR) is 98.2 cm³/mol. The van der Waals surface area contributed by atoms with Crippen molar-refractivity contribution in [2.45, 2.75) is 32.6 Å². The van der Waals surface area contributed by atoms with Crippen molar-refractivity contribution in [2.24, 2.45) is 0 Å². The Labute approximate surface area is 153 Å². The molecule has 0 radical (unpaired) electrons. The number of nitrogens with one attached hydrogen (secondary N) is 1. The first-order chi connectivity index (χ1) is 11.4. The molecule has 0 unspecified atom stereocenters. The van der Waals surface area contributed by atoms with Crippen LogP contribution in [0.4, 0.5) is 5.13 Å². The zero-order valence-electron chi connectivity index (χ0n) is 14.1. The van der Waals surface area contributed by atoms with Crippen molar-refractivity contribution in [1.29, 1.82) is 0 Å². The van der Waals surface area contributed by atoms with Crippen molar-refractivity contribution >= 4 is 38.3 Å². The second-order valence-corrected chi connectivity index (χ2v) is 7.31. The molecular weight excluding hydrogens is 394 g/mol. The van der Waals surface area contributed by atoms with E-state index in [1.165, 1.54) is 11.3 Å². The summed E-state index contributed by atoms with van der Waals surface area (Å²) >= 11 is 4.91. The molecule has 1 aromatic heterocycles. The van der Waals surface area contributed by atoms with Gasteiger partial charge in [-0.05, 0) is 24.1 Å². The van der Waals surface area contributed by atoms with E-state index in [4.69, 9.17) is 9.47 Å². The molecule has 0 saturated heterocycles. The van der Waals surface area contributed by atoms with Gasteiger partial charge >= 0.3 is 0 Å².